The molecule has 2 rings (SSSR count). The van der Waals surface area contributed by atoms with Gasteiger partial charge in [0.2, 0.25) is 0 Å². The van der Waals surface area contributed by atoms with Gasteiger partial charge in [-0.1, -0.05) is 0 Å². The Kier molecular flexibility index (Phi) is 3.70. The van der Waals surface area contributed by atoms with Crippen molar-refractivity contribution < 1.29 is 18.8 Å². The number of hydrogen-bond donors (Lipinski definition) is 2. The van der Waals surface area contributed by atoms with Crippen molar-refractivity contribution in [3.63, 3.8) is 0 Å². The number of aliphatic hydroxyl groups excluding tert-OH is 1. The maximum absolute atomic E-state index is 13.0. The highest BCUT2D eigenvalue weighted by molar-refractivity contribution is 5.90. The Labute approximate surface area is 111 Å². The van der Waals surface area contributed by atoms with E-state index in [2.05, 4.69) is 15.3 Å². The van der Waals surface area contributed by atoms with Crippen LogP contribution in [0.2, 0.25) is 0 Å². The highest BCUT2D eigenvalue weighted by Crippen LogP contribution is 2.25. The normalized spacial score (nSPS) is 11.6. The van der Waals surface area contributed by atoms with Crippen LogP contribution in [-0.2, 0) is 0 Å². The Morgan fingerprint density at radius 2 is 2.15 bits per heavy atom. The zero-order chi connectivity index (χ0) is 14.8. The van der Waals surface area contributed by atoms with Crippen molar-refractivity contribution in [3.8, 4) is 0 Å². The number of anilines is 1. The average Bonchev–Trinajstić information content (AvgIpc) is 2.44. The third kappa shape index (κ3) is 2.94. The van der Waals surface area contributed by atoms with Gasteiger partial charge in [-0.05, 0) is 6.07 Å². The highest BCUT2D eigenvalue weighted by atomic mass is 19.3. The molecular weight excluding hydrogens is 274 g/mol. The molecule has 7 nitrogen and oxygen atoms in total. The average molecular weight is 284 g/mol. The quantitative estimate of drug-likeness (QED) is 0.638. The maximum atomic E-state index is 13.0. The Hall–Kier alpha value is -2.42. The van der Waals surface area contributed by atoms with Gasteiger partial charge in [0, 0.05) is 17.5 Å². The number of alkyl halides is 2. The molecule has 0 atom stereocenters. The van der Waals surface area contributed by atoms with Crippen LogP contribution in [-0.4, -0.2) is 39.1 Å². The van der Waals surface area contributed by atoms with Crippen LogP contribution in [0.5, 0.6) is 0 Å². The molecule has 0 fully saturated rings. The molecule has 9 heteroatoms. The van der Waals surface area contributed by atoms with Gasteiger partial charge in [-0.15, -0.1) is 0 Å². The lowest BCUT2D eigenvalue weighted by Crippen LogP contribution is -2.31. The molecule has 0 amide bonds. The molecule has 0 radical (unpaired) electrons. The lowest BCUT2D eigenvalue weighted by atomic mass is 10.2. The van der Waals surface area contributed by atoms with E-state index in [4.69, 9.17) is 5.11 Å². The van der Waals surface area contributed by atoms with Crippen molar-refractivity contribution in [2.45, 2.75) is 5.92 Å². The van der Waals surface area contributed by atoms with Crippen LogP contribution in [0.3, 0.4) is 0 Å². The summed E-state index contributed by atoms with van der Waals surface area (Å²) in [7, 11) is 0. The summed E-state index contributed by atoms with van der Waals surface area (Å²) in [5, 5.41) is 21.8. The summed E-state index contributed by atoms with van der Waals surface area (Å²) in [5.41, 5.74) is 0.199. The van der Waals surface area contributed by atoms with Crippen molar-refractivity contribution in [3.05, 3.63) is 34.6 Å². The van der Waals surface area contributed by atoms with Gasteiger partial charge in [-0.2, -0.15) is 0 Å². The van der Waals surface area contributed by atoms with Gasteiger partial charge in [0.05, 0.1) is 17.0 Å². The molecule has 0 spiro atoms. The second kappa shape index (κ2) is 5.29. The Bertz CT molecular complexity index is 651. The molecule has 0 saturated carbocycles. The summed E-state index contributed by atoms with van der Waals surface area (Å²) in [4.78, 5) is 17.8. The van der Waals surface area contributed by atoms with Crippen LogP contribution in [0.4, 0.5) is 20.3 Å². The van der Waals surface area contributed by atoms with Crippen molar-refractivity contribution in [2.75, 3.05) is 18.5 Å². The van der Waals surface area contributed by atoms with Crippen LogP contribution < -0.4 is 5.32 Å². The first-order valence-electron chi connectivity index (χ1n) is 5.55. The molecule has 0 aliphatic heterocycles. The summed E-state index contributed by atoms with van der Waals surface area (Å²) < 4.78 is 26.0. The predicted molar refractivity (Wildman–Crippen MR) is 66.7 cm³/mol. The number of aliphatic hydroxyl groups is 1. The summed E-state index contributed by atoms with van der Waals surface area (Å²) >= 11 is 0. The van der Waals surface area contributed by atoms with E-state index in [0.29, 0.717) is 5.52 Å². The topological polar surface area (TPSA) is 101 Å². The third-order valence-corrected chi connectivity index (χ3v) is 2.58. The number of nitro benzene ring substituents is 1. The van der Waals surface area contributed by atoms with Gasteiger partial charge in [-0.3, -0.25) is 10.1 Å². The summed E-state index contributed by atoms with van der Waals surface area (Å²) in [5.74, 6) is -3.26. The first kappa shape index (κ1) is 14.0. The van der Waals surface area contributed by atoms with E-state index in [-0.39, 0.29) is 16.9 Å². The summed E-state index contributed by atoms with van der Waals surface area (Å²) in [6.07, 6.45) is 1.16. The Morgan fingerprint density at radius 1 is 1.40 bits per heavy atom. The smallest absolute Gasteiger partial charge is 0.287 e. The molecule has 0 bridgehead atoms. The summed E-state index contributed by atoms with van der Waals surface area (Å²) in [6.45, 7) is -2.14. The number of rotatable bonds is 5. The molecule has 20 heavy (non-hydrogen) atoms. The molecule has 1 heterocycles. The number of halogens is 2. The number of hydrogen-bond acceptors (Lipinski definition) is 6. The number of non-ortho nitro benzene ring substituents is 1. The standard InChI is InChI=1S/C11H10F2N4O3/c12-11(13,5-18)4-14-10-8-3-7(17(19)20)1-2-9(8)15-6-16-10/h1-3,6,18H,4-5H2,(H,14,15,16). The largest absolute Gasteiger partial charge is 0.390 e. The number of aromatic nitrogens is 2. The second-order valence-corrected chi connectivity index (χ2v) is 4.05. The lowest BCUT2D eigenvalue weighted by molar-refractivity contribution is -0.384. The number of fused-ring (bicyclic) bond motifs is 1. The van der Waals surface area contributed by atoms with Crippen LogP contribution in [0.25, 0.3) is 10.9 Å². The molecule has 1 aromatic heterocycles. The van der Waals surface area contributed by atoms with Gasteiger partial charge >= 0.3 is 0 Å². The summed E-state index contributed by atoms with van der Waals surface area (Å²) in [6, 6.07) is 3.88. The minimum Gasteiger partial charge on any atom is -0.390 e. The number of nitrogens with one attached hydrogen (secondary N) is 1. The molecule has 2 N–H and O–H groups in total. The fourth-order valence-corrected chi connectivity index (χ4v) is 1.57. The predicted octanol–water partition coefficient (Wildman–Crippen LogP) is 1.58. The number of benzene rings is 1. The zero-order valence-corrected chi connectivity index (χ0v) is 10.1. The molecule has 106 valence electrons. The monoisotopic (exact) mass is 284 g/mol. The van der Waals surface area contributed by atoms with E-state index in [9.17, 15) is 18.9 Å². The van der Waals surface area contributed by atoms with Gasteiger partial charge < -0.3 is 10.4 Å². The van der Waals surface area contributed by atoms with E-state index >= 15 is 0 Å². The lowest BCUT2D eigenvalue weighted by Gasteiger charge is -2.15. The minimum atomic E-state index is -3.31. The molecule has 2 aromatic rings. The molecule has 0 aliphatic rings. The van der Waals surface area contributed by atoms with Crippen molar-refractivity contribution >= 4 is 22.4 Å². The SMILES string of the molecule is O=[N+]([O-])c1ccc2ncnc(NCC(F)(F)CO)c2c1. The molecule has 0 saturated heterocycles. The van der Waals surface area contributed by atoms with Crippen molar-refractivity contribution in [1.82, 2.24) is 9.97 Å². The minimum absolute atomic E-state index is 0.0480. The molecule has 0 unspecified atom stereocenters. The van der Waals surface area contributed by atoms with Crippen LogP contribution in [0.1, 0.15) is 0 Å². The Morgan fingerprint density at radius 3 is 2.80 bits per heavy atom. The molecule has 1 aromatic carbocycles. The van der Waals surface area contributed by atoms with Crippen LogP contribution in [0, 0.1) is 10.1 Å². The van der Waals surface area contributed by atoms with Crippen molar-refractivity contribution in [1.29, 1.82) is 0 Å². The van der Waals surface area contributed by atoms with E-state index in [1.54, 1.807) is 0 Å². The fourth-order valence-electron chi connectivity index (χ4n) is 1.57. The highest BCUT2D eigenvalue weighted by Gasteiger charge is 2.27. The van der Waals surface area contributed by atoms with E-state index < -0.39 is 24.0 Å². The fraction of sp³-hybridized carbons (Fsp3) is 0.273. The van der Waals surface area contributed by atoms with E-state index in [1.165, 1.54) is 18.2 Å². The van der Waals surface area contributed by atoms with Gasteiger partial charge in [-0.25, -0.2) is 18.7 Å². The first-order chi connectivity index (χ1) is 9.43. The van der Waals surface area contributed by atoms with Gasteiger partial charge in [0.25, 0.3) is 11.6 Å². The maximum Gasteiger partial charge on any atom is 0.287 e. The van der Waals surface area contributed by atoms with Gasteiger partial charge in [0.15, 0.2) is 0 Å². The molecule has 0 aliphatic carbocycles. The second-order valence-electron chi connectivity index (χ2n) is 4.05. The third-order valence-electron chi connectivity index (χ3n) is 2.58. The van der Waals surface area contributed by atoms with Crippen LogP contribution in [0.15, 0.2) is 24.5 Å². The molecular formula is C11H10F2N4O3. The van der Waals surface area contributed by atoms with E-state index in [0.717, 1.165) is 6.33 Å². The zero-order valence-electron chi connectivity index (χ0n) is 10.1. The number of nitrogens with zero attached hydrogens (tertiary/aromatic N) is 3. The van der Waals surface area contributed by atoms with Crippen LogP contribution >= 0.6 is 0 Å². The Balaban J connectivity index is 2.37. The van der Waals surface area contributed by atoms with Gasteiger partial charge in [0.1, 0.15) is 18.8 Å². The van der Waals surface area contributed by atoms with Crippen molar-refractivity contribution in [2.24, 2.45) is 0 Å². The van der Waals surface area contributed by atoms with E-state index in [1.807, 2.05) is 0 Å². The number of nitro groups is 1. The first-order valence-corrected chi connectivity index (χ1v) is 5.55.